The number of halogens is 3. The van der Waals surface area contributed by atoms with Crippen molar-refractivity contribution in [2.45, 2.75) is 23.9 Å². The zero-order valence-electron chi connectivity index (χ0n) is 10.7. The van der Waals surface area contributed by atoms with Gasteiger partial charge in [0.1, 0.15) is 0 Å². The van der Waals surface area contributed by atoms with E-state index in [1.807, 2.05) is 0 Å². The summed E-state index contributed by atoms with van der Waals surface area (Å²) in [4.78, 5) is 3.00. The first-order chi connectivity index (χ1) is 9.72. The Kier molecular flexibility index (Phi) is 3.90. The molecule has 2 aromatic rings. The Morgan fingerprint density at radius 3 is 2.52 bits per heavy atom. The number of aromatic nitrogens is 2. The molecule has 0 aliphatic rings. The van der Waals surface area contributed by atoms with Crippen molar-refractivity contribution in [1.29, 1.82) is 0 Å². The summed E-state index contributed by atoms with van der Waals surface area (Å²) in [5.74, 6) is 0.495. The van der Waals surface area contributed by atoms with Gasteiger partial charge in [0.25, 0.3) is 9.84 Å². The quantitative estimate of drug-likeness (QED) is 0.930. The van der Waals surface area contributed by atoms with Crippen LogP contribution in [0.2, 0.25) is 0 Å². The smallest absolute Gasteiger partial charge is 0.375 e. The Morgan fingerprint density at radius 2 is 1.95 bits per heavy atom. The molecular weight excluding hydrogens is 311 g/mol. The first-order valence-corrected chi connectivity index (χ1v) is 7.13. The van der Waals surface area contributed by atoms with Crippen LogP contribution in [0.5, 0.6) is 0 Å². The third-order valence-electron chi connectivity index (χ3n) is 2.48. The van der Waals surface area contributed by atoms with Crippen molar-refractivity contribution in [1.82, 2.24) is 10.1 Å². The van der Waals surface area contributed by atoms with Gasteiger partial charge in [-0.15, -0.1) is 0 Å². The molecule has 0 aliphatic heterocycles. The predicted molar refractivity (Wildman–Crippen MR) is 66.0 cm³/mol. The molecule has 0 unspecified atom stereocenters. The van der Waals surface area contributed by atoms with Gasteiger partial charge in [-0.2, -0.15) is 18.2 Å². The maximum Gasteiger partial charge on any atom is 0.501 e. The summed E-state index contributed by atoms with van der Waals surface area (Å²) in [6, 6.07) is 4.73. The Labute approximate surface area is 117 Å². The number of para-hydroxylation sites is 1. The van der Waals surface area contributed by atoms with Crippen molar-refractivity contribution < 1.29 is 26.1 Å². The predicted octanol–water partition coefficient (Wildman–Crippen LogP) is 2.28. The van der Waals surface area contributed by atoms with Gasteiger partial charge in [-0.3, -0.25) is 0 Å². The SMILES string of the molecule is Cc1noc(CNc2ccccc2S(=O)(=O)C(F)(F)F)n1. The van der Waals surface area contributed by atoms with E-state index in [2.05, 4.69) is 15.5 Å². The highest BCUT2D eigenvalue weighted by Crippen LogP contribution is 2.34. The van der Waals surface area contributed by atoms with E-state index in [1.165, 1.54) is 18.2 Å². The molecule has 1 aromatic carbocycles. The van der Waals surface area contributed by atoms with Gasteiger partial charge in [0.15, 0.2) is 5.82 Å². The van der Waals surface area contributed by atoms with Crippen LogP contribution in [0, 0.1) is 6.92 Å². The summed E-state index contributed by atoms with van der Waals surface area (Å²) in [5.41, 5.74) is -5.56. The molecule has 1 aromatic heterocycles. The fourth-order valence-corrected chi connectivity index (χ4v) is 2.49. The fourth-order valence-electron chi connectivity index (χ4n) is 1.55. The fraction of sp³-hybridized carbons (Fsp3) is 0.273. The molecule has 21 heavy (non-hydrogen) atoms. The number of aryl methyl sites for hydroxylation is 1. The number of benzene rings is 1. The largest absolute Gasteiger partial charge is 0.501 e. The molecule has 0 radical (unpaired) electrons. The van der Waals surface area contributed by atoms with E-state index in [0.29, 0.717) is 5.82 Å². The lowest BCUT2D eigenvalue weighted by molar-refractivity contribution is -0.0435. The lowest BCUT2D eigenvalue weighted by atomic mass is 10.3. The monoisotopic (exact) mass is 321 g/mol. The van der Waals surface area contributed by atoms with Crippen molar-refractivity contribution >= 4 is 15.5 Å². The molecular formula is C11H10F3N3O3S. The van der Waals surface area contributed by atoms with Crippen LogP contribution in [-0.2, 0) is 16.4 Å². The van der Waals surface area contributed by atoms with E-state index in [1.54, 1.807) is 6.92 Å². The molecule has 1 heterocycles. The normalized spacial score (nSPS) is 12.4. The summed E-state index contributed by atoms with van der Waals surface area (Å²) >= 11 is 0. The third kappa shape index (κ3) is 3.15. The highest BCUT2D eigenvalue weighted by atomic mass is 32.2. The first-order valence-electron chi connectivity index (χ1n) is 5.65. The van der Waals surface area contributed by atoms with Crippen molar-refractivity contribution in [3.8, 4) is 0 Å². The van der Waals surface area contributed by atoms with Crippen molar-refractivity contribution in [3.05, 3.63) is 36.0 Å². The molecule has 0 saturated heterocycles. The average molecular weight is 321 g/mol. The second-order valence-corrected chi connectivity index (χ2v) is 5.94. The van der Waals surface area contributed by atoms with Gasteiger partial charge >= 0.3 is 5.51 Å². The molecule has 0 amide bonds. The van der Waals surface area contributed by atoms with Gasteiger partial charge in [0.2, 0.25) is 5.89 Å². The summed E-state index contributed by atoms with van der Waals surface area (Å²) in [7, 11) is -5.44. The molecule has 0 spiro atoms. The lowest BCUT2D eigenvalue weighted by Gasteiger charge is -2.13. The van der Waals surface area contributed by atoms with Crippen molar-refractivity contribution in [2.24, 2.45) is 0 Å². The van der Waals surface area contributed by atoms with Gasteiger partial charge in [-0.1, -0.05) is 17.3 Å². The first kappa shape index (κ1) is 15.3. The zero-order valence-corrected chi connectivity index (χ0v) is 11.5. The molecule has 2 rings (SSSR count). The number of hydrogen-bond donors (Lipinski definition) is 1. The van der Waals surface area contributed by atoms with Crippen LogP contribution >= 0.6 is 0 Å². The molecule has 6 nitrogen and oxygen atoms in total. The number of anilines is 1. The van der Waals surface area contributed by atoms with Crippen LogP contribution in [0.25, 0.3) is 0 Å². The minimum atomic E-state index is -5.44. The van der Waals surface area contributed by atoms with Crippen LogP contribution in [0.3, 0.4) is 0 Å². The maximum atomic E-state index is 12.6. The summed E-state index contributed by atoms with van der Waals surface area (Å²) in [6.45, 7) is 1.49. The minimum Gasteiger partial charge on any atom is -0.375 e. The van der Waals surface area contributed by atoms with Gasteiger partial charge < -0.3 is 9.84 Å². The molecule has 10 heteroatoms. The Bertz CT molecular complexity index is 740. The van der Waals surface area contributed by atoms with E-state index in [-0.39, 0.29) is 18.1 Å². The molecule has 0 fully saturated rings. The number of nitrogens with zero attached hydrogens (tertiary/aromatic N) is 2. The minimum absolute atomic E-state index is 0.0920. The Morgan fingerprint density at radius 1 is 1.29 bits per heavy atom. The Hall–Kier alpha value is -2.10. The summed E-state index contributed by atoms with van der Waals surface area (Å²) in [6.07, 6.45) is 0. The van der Waals surface area contributed by atoms with Gasteiger partial charge in [-0.25, -0.2) is 8.42 Å². The summed E-state index contributed by atoms with van der Waals surface area (Å²) in [5, 5.41) is 6.06. The van der Waals surface area contributed by atoms with E-state index < -0.39 is 20.2 Å². The molecule has 1 N–H and O–H groups in total. The standard InChI is InChI=1S/C11H10F3N3O3S/c1-7-16-10(20-17-7)6-15-8-4-2-3-5-9(8)21(18,19)11(12,13)14/h2-5,15H,6H2,1H3. The molecule has 0 aliphatic carbocycles. The molecule has 0 bridgehead atoms. The number of rotatable bonds is 4. The van der Waals surface area contributed by atoms with Crippen LogP contribution in [0.4, 0.5) is 18.9 Å². The van der Waals surface area contributed by atoms with E-state index >= 15 is 0 Å². The van der Waals surface area contributed by atoms with E-state index in [4.69, 9.17) is 4.52 Å². The molecule has 0 atom stereocenters. The lowest BCUT2D eigenvalue weighted by Crippen LogP contribution is -2.24. The van der Waals surface area contributed by atoms with Crippen molar-refractivity contribution in [2.75, 3.05) is 5.32 Å². The van der Waals surface area contributed by atoms with Gasteiger partial charge in [-0.05, 0) is 19.1 Å². The molecule has 0 saturated carbocycles. The van der Waals surface area contributed by atoms with E-state index in [9.17, 15) is 21.6 Å². The number of hydrogen-bond acceptors (Lipinski definition) is 6. The average Bonchev–Trinajstić information content (AvgIpc) is 2.81. The topological polar surface area (TPSA) is 85.1 Å². The van der Waals surface area contributed by atoms with Crippen LogP contribution in [0.15, 0.2) is 33.7 Å². The second kappa shape index (κ2) is 5.35. The van der Waals surface area contributed by atoms with Crippen molar-refractivity contribution in [3.63, 3.8) is 0 Å². The Balaban J connectivity index is 2.30. The number of alkyl halides is 3. The van der Waals surface area contributed by atoms with Gasteiger partial charge in [0, 0.05) is 0 Å². The zero-order chi connectivity index (χ0) is 15.7. The number of nitrogens with one attached hydrogen (secondary N) is 1. The molecule has 114 valence electrons. The van der Waals surface area contributed by atoms with Crippen LogP contribution < -0.4 is 5.32 Å². The van der Waals surface area contributed by atoms with Crippen LogP contribution in [0.1, 0.15) is 11.7 Å². The maximum absolute atomic E-state index is 12.6. The highest BCUT2D eigenvalue weighted by molar-refractivity contribution is 7.92. The second-order valence-electron chi connectivity index (χ2n) is 4.03. The third-order valence-corrected chi connectivity index (χ3v) is 4.03. The van der Waals surface area contributed by atoms with E-state index in [0.717, 1.165) is 6.07 Å². The number of sulfone groups is 1. The van der Waals surface area contributed by atoms with Gasteiger partial charge in [0.05, 0.1) is 17.1 Å². The highest BCUT2D eigenvalue weighted by Gasteiger charge is 2.47. The summed E-state index contributed by atoms with van der Waals surface area (Å²) < 4.78 is 65.6. The van der Waals surface area contributed by atoms with Crippen LogP contribution in [-0.4, -0.2) is 24.1 Å².